The molecule has 3 heteroatoms. The van der Waals surface area contributed by atoms with E-state index in [1.54, 1.807) is 7.11 Å². The number of methoxy groups -OCH3 is 1. The van der Waals surface area contributed by atoms with Crippen molar-refractivity contribution in [3.63, 3.8) is 0 Å². The van der Waals surface area contributed by atoms with Gasteiger partial charge in [-0.05, 0) is 55.2 Å². The molecule has 0 saturated carbocycles. The van der Waals surface area contributed by atoms with Gasteiger partial charge in [0.2, 0.25) is 0 Å². The Morgan fingerprint density at radius 1 is 1.24 bits per heavy atom. The van der Waals surface area contributed by atoms with Crippen LogP contribution in [0.25, 0.3) is 0 Å². The zero-order valence-electron chi connectivity index (χ0n) is 14.7. The Bertz CT molecular complexity index is 463. The first-order valence-electron chi connectivity index (χ1n) is 7.79. The Balaban J connectivity index is 3.00. The molecule has 0 bridgehead atoms. The second kappa shape index (κ2) is 7.28. The second-order valence-electron chi connectivity index (χ2n) is 7.52. The van der Waals surface area contributed by atoms with Crippen LogP contribution in [0.15, 0.2) is 12.1 Å². The summed E-state index contributed by atoms with van der Waals surface area (Å²) in [7, 11) is 1.73. The highest BCUT2D eigenvalue weighted by atomic mass is 16.5. The van der Waals surface area contributed by atoms with E-state index < -0.39 is 0 Å². The van der Waals surface area contributed by atoms with Crippen molar-refractivity contribution in [3.05, 3.63) is 28.8 Å². The van der Waals surface area contributed by atoms with Crippen LogP contribution in [0.1, 0.15) is 63.3 Å². The lowest BCUT2D eigenvalue weighted by atomic mass is 9.81. The normalized spacial score (nSPS) is 14.9. The Hall–Kier alpha value is -1.06. The predicted molar refractivity (Wildman–Crippen MR) is 90.4 cm³/mol. The van der Waals surface area contributed by atoms with Gasteiger partial charge >= 0.3 is 0 Å². The molecule has 0 saturated heterocycles. The number of hydrogen-bond donors (Lipinski definition) is 2. The maximum Gasteiger partial charge on any atom is 0.124 e. The third kappa shape index (κ3) is 5.33. The molecule has 1 aromatic carbocycles. The largest absolute Gasteiger partial charge is 0.496 e. The Labute approximate surface area is 130 Å². The van der Waals surface area contributed by atoms with Gasteiger partial charge in [-0.2, -0.15) is 0 Å². The van der Waals surface area contributed by atoms with Crippen molar-refractivity contribution in [1.82, 2.24) is 5.43 Å². The Kier molecular flexibility index (Phi) is 6.24. The van der Waals surface area contributed by atoms with E-state index in [2.05, 4.69) is 59.1 Å². The van der Waals surface area contributed by atoms with Crippen molar-refractivity contribution >= 4 is 0 Å². The molecule has 0 heterocycles. The highest BCUT2D eigenvalue weighted by Crippen LogP contribution is 2.35. The molecule has 2 unspecified atom stereocenters. The zero-order valence-corrected chi connectivity index (χ0v) is 14.7. The van der Waals surface area contributed by atoms with Gasteiger partial charge in [-0.1, -0.05) is 33.8 Å². The maximum absolute atomic E-state index is 5.84. The molecule has 0 amide bonds. The molecule has 0 aliphatic carbocycles. The van der Waals surface area contributed by atoms with Crippen molar-refractivity contribution in [3.8, 4) is 5.75 Å². The van der Waals surface area contributed by atoms with Gasteiger partial charge in [0, 0.05) is 5.56 Å². The summed E-state index contributed by atoms with van der Waals surface area (Å²) in [6.07, 6.45) is 2.19. The first-order chi connectivity index (χ1) is 9.67. The van der Waals surface area contributed by atoms with Gasteiger partial charge in [-0.3, -0.25) is 11.3 Å². The van der Waals surface area contributed by atoms with Gasteiger partial charge in [0.15, 0.2) is 0 Å². The van der Waals surface area contributed by atoms with E-state index in [0.29, 0.717) is 11.3 Å². The molecule has 0 radical (unpaired) electrons. The highest BCUT2D eigenvalue weighted by molar-refractivity contribution is 5.45. The molecule has 120 valence electrons. The molecule has 0 fully saturated rings. The SMILES string of the molecule is COc1cc(C)cc(C)c1C(CC(C)CC(C)(C)C)NN. The van der Waals surface area contributed by atoms with Crippen molar-refractivity contribution in [1.29, 1.82) is 0 Å². The fourth-order valence-corrected chi connectivity index (χ4v) is 3.36. The smallest absolute Gasteiger partial charge is 0.124 e. The van der Waals surface area contributed by atoms with Crippen LogP contribution < -0.4 is 16.0 Å². The molecule has 2 atom stereocenters. The summed E-state index contributed by atoms with van der Waals surface area (Å²) >= 11 is 0. The van der Waals surface area contributed by atoms with Crippen molar-refractivity contribution < 1.29 is 4.74 Å². The number of nitrogens with one attached hydrogen (secondary N) is 1. The van der Waals surface area contributed by atoms with Crippen LogP contribution in [0.3, 0.4) is 0 Å². The van der Waals surface area contributed by atoms with Crippen molar-refractivity contribution in [2.75, 3.05) is 7.11 Å². The van der Waals surface area contributed by atoms with E-state index in [4.69, 9.17) is 10.6 Å². The first kappa shape index (κ1) is 18.0. The van der Waals surface area contributed by atoms with Gasteiger partial charge in [0.25, 0.3) is 0 Å². The molecule has 3 N–H and O–H groups in total. The van der Waals surface area contributed by atoms with Crippen LogP contribution in [-0.4, -0.2) is 7.11 Å². The predicted octanol–water partition coefficient (Wildman–Crippen LogP) is 4.28. The number of benzene rings is 1. The maximum atomic E-state index is 5.84. The summed E-state index contributed by atoms with van der Waals surface area (Å²) < 4.78 is 5.58. The third-order valence-electron chi connectivity index (χ3n) is 3.86. The number of rotatable bonds is 6. The Morgan fingerprint density at radius 3 is 2.33 bits per heavy atom. The van der Waals surface area contributed by atoms with Crippen LogP contribution >= 0.6 is 0 Å². The number of hydrogen-bond acceptors (Lipinski definition) is 3. The van der Waals surface area contributed by atoms with Crippen LogP contribution in [0.4, 0.5) is 0 Å². The molecule has 3 nitrogen and oxygen atoms in total. The van der Waals surface area contributed by atoms with Gasteiger partial charge in [0.05, 0.1) is 13.2 Å². The van der Waals surface area contributed by atoms with E-state index in [0.717, 1.165) is 12.2 Å². The van der Waals surface area contributed by atoms with E-state index in [9.17, 15) is 0 Å². The molecule has 1 rings (SSSR count). The molecule has 1 aromatic rings. The van der Waals surface area contributed by atoms with Gasteiger partial charge in [-0.25, -0.2) is 0 Å². The summed E-state index contributed by atoms with van der Waals surface area (Å²) in [5, 5.41) is 0. The quantitative estimate of drug-likeness (QED) is 0.608. The van der Waals surface area contributed by atoms with Crippen LogP contribution in [-0.2, 0) is 0 Å². The van der Waals surface area contributed by atoms with Gasteiger partial charge < -0.3 is 4.74 Å². The number of nitrogens with two attached hydrogens (primary N) is 1. The lowest BCUT2D eigenvalue weighted by Gasteiger charge is -2.28. The molecule has 0 spiro atoms. The topological polar surface area (TPSA) is 47.3 Å². The molecular formula is C18H32N2O. The number of hydrazine groups is 1. The standard InChI is InChI=1S/C18H32N2O/c1-12-8-14(3)17(16(10-12)21-7)15(20-19)9-13(2)11-18(4,5)6/h8,10,13,15,20H,9,11,19H2,1-7H3. The number of ether oxygens (including phenoxy) is 1. The van der Waals surface area contributed by atoms with Gasteiger partial charge in [0.1, 0.15) is 5.75 Å². The Morgan fingerprint density at radius 2 is 1.86 bits per heavy atom. The lowest BCUT2D eigenvalue weighted by Crippen LogP contribution is -2.31. The van der Waals surface area contributed by atoms with E-state index >= 15 is 0 Å². The molecular weight excluding hydrogens is 260 g/mol. The summed E-state index contributed by atoms with van der Waals surface area (Å²) in [6.45, 7) is 13.4. The van der Waals surface area contributed by atoms with Gasteiger partial charge in [-0.15, -0.1) is 0 Å². The highest BCUT2D eigenvalue weighted by Gasteiger charge is 2.23. The van der Waals surface area contributed by atoms with Crippen LogP contribution in [0, 0.1) is 25.2 Å². The summed E-state index contributed by atoms with van der Waals surface area (Å²) in [6, 6.07) is 4.40. The third-order valence-corrected chi connectivity index (χ3v) is 3.86. The average molecular weight is 292 g/mol. The van der Waals surface area contributed by atoms with Crippen LogP contribution in [0.5, 0.6) is 5.75 Å². The summed E-state index contributed by atoms with van der Waals surface area (Å²) in [4.78, 5) is 0. The van der Waals surface area contributed by atoms with E-state index in [1.807, 2.05) is 0 Å². The van der Waals surface area contributed by atoms with E-state index in [1.165, 1.54) is 23.1 Å². The first-order valence-corrected chi connectivity index (χ1v) is 7.79. The fraction of sp³-hybridized carbons (Fsp3) is 0.667. The fourth-order valence-electron chi connectivity index (χ4n) is 3.36. The zero-order chi connectivity index (χ0) is 16.2. The van der Waals surface area contributed by atoms with E-state index in [-0.39, 0.29) is 6.04 Å². The second-order valence-corrected chi connectivity index (χ2v) is 7.52. The molecule has 0 aliphatic heterocycles. The molecule has 21 heavy (non-hydrogen) atoms. The minimum atomic E-state index is 0.123. The minimum absolute atomic E-state index is 0.123. The number of aryl methyl sites for hydroxylation is 2. The average Bonchev–Trinajstić information content (AvgIpc) is 2.33. The van der Waals surface area contributed by atoms with Crippen molar-refractivity contribution in [2.45, 2.75) is 60.4 Å². The summed E-state index contributed by atoms with van der Waals surface area (Å²) in [5.41, 5.74) is 6.96. The molecule has 0 aromatic heterocycles. The lowest BCUT2D eigenvalue weighted by molar-refractivity contribution is 0.274. The van der Waals surface area contributed by atoms with Crippen LogP contribution in [0.2, 0.25) is 0 Å². The minimum Gasteiger partial charge on any atom is -0.496 e. The monoisotopic (exact) mass is 292 g/mol. The molecule has 0 aliphatic rings. The van der Waals surface area contributed by atoms with Crippen molar-refractivity contribution in [2.24, 2.45) is 17.2 Å². The summed E-state index contributed by atoms with van der Waals surface area (Å²) in [5.74, 6) is 7.36.